The smallest absolute Gasteiger partial charge is 0.244 e. The molecule has 35 heavy (non-hydrogen) atoms. The molecular formula is C25H27N7O2S. The van der Waals surface area contributed by atoms with Gasteiger partial charge in [-0.2, -0.15) is 0 Å². The van der Waals surface area contributed by atoms with Crippen LogP contribution in [0.2, 0.25) is 0 Å². The van der Waals surface area contributed by atoms with E-state index in [9.17, 15) is 4.79 Å². The molecule has 0 saturated carbocycles. The second-order valence-corrected chi connectivity index (χ2v) is 9.27. The number of aromatic nitrogens is 4. The molecule has 0 spiro atoms. The van der Waals surface area contributed by atoms with Gasteiger partial charge >= 0.3 is 0 Å². The van der Waals surface area contributed by atoms with Crippen LogP contribution in [0.4, 0.5) is 11.5 Å². The van der Waals surface area contributed by atoms with Crippen molar-refractivity contribution in [2.75, 3.05) is 26.0 Å². The van der Waals surface area contributed by atoms with Crippen LogP contribution in [0.1, 0.15) is 16.3 Å². The lowest BCUT2D eigenvalue weighted by Gasteiger charge is -2.11. The Labute approximate surface area is 207 Å². The van der Waals surface area contributed by atoms with Gasteiger partial charge < -0.3 is 20.3 Å². The molecule has 4 rings (SSSR count). The van der Waals surface area contributed by atoms with Crippen LogP contribution in [0.15, 0.2) is 55.0 Å². The quantitative estimate of drug-likeness (QED) is 0.334. The number of carbonyl (C=O) groups excluding carboxylic acids is 1. The first-order valence-electron chi connectivity index (χ1n) is 11.0. The number of nitrogens with zero attached hydrogens (tertiary/aromatic N) is 5. The Hall–Kier alpha value is -3.89. The van der Waals surface area contributed by atoms with Crippen LogP contribution in [0.3, 0.4) is 0 Å². The maximum atomic E-state index is 12.0. The molecule has 0 aliphatic rings. The Kier molecular flexibility index (Phi) is 7.64. The van der Waals surface area contributed by atoms with Crippen molar-refractivity contribution < 1.29 is 9.53 Å². The number of likely N-dealkylation sites (N-methyl/N-ethyl adjacent to an activating group) is 1. The summed E-state index contributed by atoms with van der Waals surface area (Å²) in [5.41, 5.74) is 3.42. The van der Waals surface area contributed by atoms with E-state index >= 15 is 0 Å². The van der Waals surface area contributed by atoms with Gasteiger partial charge in [0, 0.05) is 24.0 Å². The topological polar surface area (TPSA) is 105 Å². The van der Waals surface area contributed by atoms with Crippen molar-refractivity contribution in [1.29, 1.82) is 0 Å². The van der Waals surface area contributed by atoms with Crippen LogP contribution >= 0.6 is 11.3 Å². The molecule has 3 heterocycles. The maximum absolute atomic E-state index is 12.0. The number of anilines is 2. The van der Waals surface area contributed by atoms with E-state index in [-0.39, 0.29) is 5.91 Å². The molecule has 1 aromatic carbocycles. The van der Waals surface area contributed by atoms with Crippen LogP contribution in [0, 0.1) is 13.8 Å². The SMILES string of the molecule is Cc1ccc(Oc2ccc(Nc3ncnc4sc(CNC(=O)/C=C/CN(C)C)nc34)cc2C)cn1. The molecule has 10 heteroatoms. The van der Waals surface area contributed by atoms with Crippen molar-refractivity contribution in [3.63, 3.8) is 0 Å². The van der Waals surface area contributed by atoms with Crippen molar-refractivity contribution in [3.05, 3.63) is 71.3 Å². The Morgan fingerprint density at radius 3 is 2.74 bits per heavy atom. The van der Waals surface area contributed by atoms with Crippen LogP contribution in [-0.2, 0) is 11.3 Å². The van der Waals surface area contributed by atoms with Crippen molar-refractivity contribution >= 4 is 39.1 Å². The lowest BCUT2D eigenvalue weighted by molar-refractivity contribution is -0.116. The number of aryl methyl sites for hydroxylation is 2. The summed E-state index contributed by atoms with van der Waals surface area (Å²) in [6.07, 6.45) is 6.56. The van der Waals surface area contributed by atoms with Gasteiger partial charge in [0.25, 0.3) is 0 Å². The summed E-state index contributed by atoms with van der Waals surface area (Å²) in [6.45, 7) is 4.94. The molecule has 0 aliphatic heterocycles. The lowest BCUT2D eigenvalue weighted by atomic mass is 10.2. The number of fused-ring (bicyclic) bond motifs is 1. The predicted octanol–water partition coefficient (Wildman–Crippen LogP) is 4.37. The van der Waals surface area contributed by atoms with Gasteiger partial charge in [-0.3, -0.25) is 9.78 Å². The zero-order valence-corrected chi connectivity index (χ0v) is 20.9. The largest absolute Gasteiger partial charge is 0.455 e. The average molecular weight is 490 g/mol. The number of nitrogens with one attached hydrogen (secondary N) is 2. The fourth-order valence-electron chi connectivity index (χ4n) is 3.18. The van der Waals surface area contributed by atoms with E-state index < -0.39 is 0 Å². The molecule has 0 bridgehead atoms. The fourth-order valence-corrected chi connectivity index (χ4v) is 4.02. The number of amides is 1. The summed E-state index contributed by atoms with van der Waals surface area (Å²) >= 11 is 1.43. The molecular weight excluding hydrogens is 462 g/mol. The molecule has 3 aromatic heterocycles. The molecule has 180 valence electrons. The molecule has 0 unspecified atom stereocenters. The molecule has 2 N–H and O–H groups in total. The van der Waals surface area contributed by atoms with E-state index in [1.54, 1.807) is 6.20 Å². The highest BCUT2D eigenvalue weighted by molar-refractivity contribution is 7.18. The van der Waals surface area contributed by atoms with Crippen molar-refractivity contribution in [3.8, 4) is 11.5 Å². The summed E-state index contributed by atoms with van der Waals surface area (Å²) in [7, 11) is 3.89. The molecule has 0 atom stereocenters. The first-order valence-corrected chi connectivity index (χ1v) is 11.9. The molecule has 9 nitrogen and oxygen atoms in total. The first-order chi connectivity index (χ1) is 16.9. The zero-order valence-electron chi connectivity index (χ0n) is 20.1. The number of benzene rings is 1. The van der Waals surface area contributed by atoms with Crippen LogP contribution in [0.25, 0.3) is 10.3 Å². The van der Waals surface area contributed by atoms with E-state index in [0.717, 1.165) is 32.5 Å². The zero-order chi connectivity index (χ0) is 24.8. The molecule has 0 fully saturated rings. The van der Waals surface area contributed by atoms with Gasteiger partial charge in [0.15, 0.2) is 5.82 Å². The van der Waals surface area contributed by atoms with E-state index in [1.165, 1.54) is 23.7 Å². The number of pyridine rings is 1. The monoisotopic (exact) mass is 489 g/mol. The Morgan fingerprint density at radius 2 is 2.00 bits per heavy atom. The standard InChI is InChI=1S/C25H27N7O2S/c1-16-12-18(8-10-20(16)34-19-9-7-17(2)26-13-19)30-24-23-25(29-15-28-24)35-22(31-23)14-27-21(33)6-5-11-32(3)4/h5-10,12-13,15H,11,14H2,1-4H3,(H,27,33)(H,28,29,30)/b6-5+. The van der Waals surface area contributed by atoms with Gasteiger partial charge in [-0.15, -0.1) is 0 Å². The molecule has 4 aromatic rings. The van der Waals surface area contributed by atoms with Gasteiger partial charge in [0.05, 0.1) is 12.7 Å². The predicted molar refractivity (Wildman–Crippen MR) is 138 cm³/mol. The van der Waals surface area contributed by atoms with Gasteiger partial charge in [0.1, 0.15) is 33.2 Å². The van der Waals surface area contributed by atoms with E-state index in [0.29, 0.717) is 30.2 Å². The van der Waals surface area contributed by atoms with Crippen molar-refractivity contribution in [2.45, 2.75) is 20.4 Å². The maximum Gasteiger partial charge on any atom is 0.244 e. The van der Waals surface area contributed by atoms with E-state index in [1.807, 2.05) is 69.3 Å². The number of thiazole rings is 1. The minimum Gasteiger partial charge on any atom is -0.455 e. The molecule has 0 radical (unpaired) electrons. The second-order valence-electron chi connectivity index (χ2n) is 8.21. The summed E-state index contributed by atoms with van der Waals surface area (Å²) in [4.78, 5) is 32.4. The van der Waals surface area contributed by atoms with Crippen molar-refractivity contribution in [2.24, 2.45) is 0 Å². The summed E-state index contributed by atoms with van der Waals surface area (Å²) < 4.78 is 5.96. The van der Waals surface area contributed by atoms with Crippen LogP contribution in [0.5, 0.6) is 11.5 Å². The average Bonchev–Trinajstić information content (AvgIpc) is 3.25. The number of hydrogen-bond donors (Lipinski definition) is 2. The number of ether oxygens (including phenoxy) is 1. The fraction of sp³-hybridized carbons (Fsp3) is 0.240. The summed E-state index contributed by atoms with van der Waals surface area (Å²) in [5.74, 6) is 1.88. The van der Waals surface area contributed by atoms with Gasteiger partial charge in [-0.1, -0.05) is 17.4 Å². The summed E-state index contributed by atoms with van der Waals surface area (Å²) in [6, 6.07) is 9.62. The number of rotatable bonds is 9. The highest BCUT2D eigenvalue weighted by Crippen LogP contribution is 2.30. The van der Waals surface area contributed by atoms with Crippen LogP contribution < -0.4 is 15.4 Å². The molecule has 0 aliphatic carbocycles. The normalized spacial score (nSPS) is 11.3. The van der Waals surface area contributed by atoms with E-state index in [4.69, 9.17) is 4.74 Å². The number of carbonyl (C=O) groups is 1. The Balaban J connectivity index is 1.44. The third-order valence-corrected chi connectivity index (χ3v) is 5.91. The first kappa shape index (κ1) is 24.2. The van der Waals surface area contributed by atoms with Crippen molar-refractivity contribution in [1.82, 2.24) is 30.2 Å². The third kappa shape index (κ3) is 6.58. The van der Waals surface area contributed by atoms with E-state index in [2.05, 4.69) is 30.6 Å². The molecule has 0 saturated heterocycles. The third-order valence-electron chi connectivity index (χ3n) is 4.94. The Morgan fingerprint density at radius 1 is 1.14 bits per heavy atom. The highest BCUT2D eigenvalue weighted by Gasteiger charge is 2.12. The highest BCUT2D eigenvalue weighted by atomic mass is 32.1. The van der Waals surface area contributed by atoms with Gasteiger partial charge in [0.2, 0.25) is 5.91 Å². The Bertz CT molecular complexity index is 1350. The minimum atomic E-state index is -0.158. The second kappa shape index (κ2) is 11.0. The lowest BCUT2D eigenvalue weighted by Crippen LogP contribution is -2.20. The van der Waals surface area contributed by atoms with Gasteiger partial charge in [-0.05, 0) is 63.8 Å². The minimum absolute atomic E-state index is 0.158. The number of hydrogen-bond acceptors (Lipinski definition) is 9. The van der Waals surface area contributed by atoms with Crippen LogP contribution in [-0.4, -0.2) is 51.4 Å². The molecule has 1 amide bonds. The van der Waals surface area contributed by atoms with Gasteiger partial charge in [-0.25, -0.2) is 15.0 Å². The summed E-state index contributed by atoms with van der Waals surface area (Å²) in [5, 5.41) is 6.94.